The van der Waals surface area contributed by atoms with Crippen LogP contribution in [0, 0.1) is 4.84 Å². The highest BCUT2D eigenvalue weighted by Crippen LogP contribution is 2.29. The van der Waals surface area contributed by atoms with Gasteiger partial charge in [0.05, 0.1) is 9.21 Å². The maximum absolute atomic E-state index is 5.73. The van der Waals surface area contributed by atoms with Crippen LogP contribution in [0.2, 0.25) is 4.34 Å². The van der Waals surface area contributed by atoms with Crippen molar-refractivity contribution in [3.05, 3.63) is 21.3 Å². The Morgan fingerprint density at radius 1 is 1.58 bits per heavy atom. The molecular formula is C6H3ClN2OS2. The van der Waals surface area contributed by atoms with E-state index in [2.05, 4.69) is 10.2 Å². The average molecular weight is 219 g/mol. The standard InChI is InChI=1S/C6H3ClN2OS2/c7-4-2-1-3(12-4)5-8-9-6(11)10-5/h1-2H,(H,9,11). The van der Waals surface area contributed by atoms with E-state index in [0.717, 1.165) is 4.88 Å². The third-order valence-electron chi connectivity index (χ3n) is 1.22. The molecule has 6 heteroatoms. The van der Waals surface area contributed by atoms with Crippen molar-refractivity contribution in [1.82, 2.24) is 10.2 Å². The first-order valence-electron chi connectivity index (χ1n) is 3.07. The van der Waals surface area contributed by atoms with Crippen LogP contribution < -0.4 is 0 Å². The zero-order chi connectivity index (χ0) is 8.55. The Morgan fingerprint density at radius 3 is 2.92 bits per heavy atom. The van der Waals surface area contributed by atoms with E-state index in [0.29, 0.717) is 10.2 Å². The first kappa shape index (κ1) is 7.97. The third kappa shape index (κ3) is 1.43. The maximum atomic E-state index is 5.73. The number of rotatable bonds is 1. The van der Waals surface area contributed by atoms with Crippen molar-refractivity contribution in [2.24, 2.45) is 0 Å². The summed E-state index contributed by atoms with van der Waals surface area (Å²) in [6, 6.07) is 3.62. The minimum Gasteiger partial charge on any atom is -0.408 e. The van der Waals surface area contributed by atoms with Gasteiger partial charge in [0, 0.05) is 0 Å². The number of thiophene rings is 1. The number of H-pyrrole nitrogens is 1. The molecule has 0 saturated carbocycles. The van der Waals surface area contributed by atoms with Crippen LogP contribution in [-0.2, 0) is 0 Å². The minimum atomic E-state index is 0.273. The van der Waals surface area contributed by atoms with Gasteiger partial charge in [-0.2, -0.15) is 0 Å². The molecule has 0 atom stereocenters. The van der Waals surface area contributed by atoms with Gasteiger partial charge in [0.2, 0.25) is 0 Å². The van der Waals surface area contributed by atoms with Crippen molar-refractivity contribution in [3.8, 4) is 10.8 Å². The lowest BCUT2D eigenvalue weighted by atomic mass is 10.5. The summed E-state index contributed by atoms with van der Waals surface area (Å²) in [4.78, 5) is 1.14. The Morgan fingerprint density at radius 2 is 2.42 bits per heavy atom. The Balaban J connectivity index is 2.50. The zero-order valence-electron chi connectivity index (χ0n) is 5.70. The predicted octanol–water partition coefficient (Wildman–Crippen LogP) is 3.11. The van der Waals surface area contributed by atoms with Crippen LogP contribution in [-0.4, -0.2) is 10.2 Å². The highest BCUT2D eigenvalue weighted by atomic mass is 35.5. The van der Waals surface area contributed by atoms with Gasteiger partial charge in [0.15, 0.2) is 0 Å². The summed E-state index contributed by atoms with van der Waals surface area (Å²) in [5, 5.41) is 6.39. The molecule has 0 aromatic carbocycles. The van der Waals surface area contributed by atoms with Crippen LogP contribution in [0.15, 0.2) is 16.5 Å². The molecule has 0 aliphatic rings. The van der Waals surface area contributed by atoms with E-state index in [-0.39, 0.29) is 4.84 Å². The molecule has 0 amide bonds. The van der Waals surface area contributed by atoms with Gasteiger partial charge >= 0.3 is 0 Å². The quantitative estimate of drug-likeness (QED) is 0.748. The summed E-state index contributed by atoms with van der Waals surface area (Å²) in [5.74, 6) is 0.483. The fourth-order valence-electron chi connectivity index (χ4n) is 0.764. The summed E-state index contributed by atoms with van der Waals surface area (Å²) in [5.41, 5.74) is 0. The molecule has 0 fully saturated rings. The molecule has 2 heterocycles. The molecule has 62 valence electrons. The van der Waals surface area contributed by atoms with Crippen LogP contribution in [0.4, 0.5) is 0 Å². The van der Waals surface area contributed by atoms with Crippen LogP contribution in [0.5, 0.6) is 0 Å². The summed E-state index contributed by atoms with van der Waals surface area (Å²) in [6.45, 7) is 0. The molecule has 0 bridgehead atoms. The number of aromatic nitrogens is 2. The van der Waals surface area contributed by atoms with E-state index in [9.17, 15) is 0 Å². The van der Waals surface area contributed by atoms with Crippen LogP contribution >= 0.6 is 35.2 Å². The number of hydrogen-bond acceptors (Lipinski definition) is 4. The molecule has 2 aromatic heterocycles. The maximum Gasteiger partial charge on any atom is 0.284 e. The van der Waals surface area contributed by atoms with Gasteiger partial charge in [0.25, 0.3) is 10.7 Å². The summed E-state index contributed by atoms with van der Waals surface area (Å²) >= 11 is 11.9. The number of nitrogens with zero attached hydrogens (tertiary/aromatic N) is 1. The number of hydrogen-bond donors (Lipinski definition) is 1. The molecule has 2 rings (SSSR count). The lowest BCUT2D eigenvalue weighted by Crippen LogP contribution is -1.69. The Bertz CT molecular complexity index is 444. The van der Waals surface area contributed by atoms with Gasteiger partial charge in [0.1, 0.15) is 0 Å². The van der Waals surface area contributed by atoms with Gasteiger partial charge in [-0.15, -0.1) is 16.4 Å². The molecule has 0 saturated heterocycles. The Labute approximate surface area is 82.0 Å². The molecular weight excluding hydrogens is 216 g/mol. The van der Waals surface area contributed by atoms with E-state index < -0.39 is 0 Å². The second-order valence-corrected chi connectivity index (χ2v) is 4.11. The monoisotopic (exact) mass is 218 g/mol. The van der Waals surface area contributed by atoms with Crippen molar-refractivity contribution in [1.29, 1.82) is 0 Å². The molecule has 1 N–H and O–H groups in total. The molecule has 2 aromatic rings. The van der Waals surface area contributed by atoms with Crippen molar-refractivity contribution in [2.75, 3.05) is 0 Å². The Kier molecular flexibility index (Phi) is 2.00. The highest BCUT2D eigenvalue weighted by molar-refractivity contribution is 7.71. The molecule has 12 heavy (non-hydrogen) atoms. The topological polar surface area (TPSA) is 41.8 Å². The Hall–Kier alpha value is -0.650. The van der Waals surface area contributed by atoms with Gasteiger partial charge < -0.3 is 4.42 Å². The second-order valence-electron chi connectivity index (χ2n) is 2.02. The molecule has 0 radical (unpaired) electrons. The normalized spacial score (nSPS) is 10.4. The SMILES string of the molecule is S=c1[nH]nc(-c2ccc(Cl)s2)o1. The van der Waals surface area contributed by atoms with Crippen molar-refractivity contribution in [2.45, 2.75) is 0 Å². The van der Waals surface area contributed by atoms with Crippen LogP contribution in [0.3, 0.4) is 0 Å². The summed E-state index contributed by atoms with van der Waals surface area (Å²) in [6.07, 6.45) is 0. The van der Waals surface area contributed by atoms with Gasteiger partial charge in [-0.25, -0.2) is 5.10 Å². The average Bonchev–Trinajstić information content (AvgIpc) is 2.58. The first-order chi connectivity index (χ1) is 5.75. The minimum absolute atomic E-state index is 0.273. The smallest absolute Gasteiger partial charge is 0.284 e. The second kappa shape index (κ2) is 3.01. The van der Waals surface area contributed by atoms with E-state index in [1.807, 2.05) is 6.07 Å². The van der Waals surface area contributed by atoms with E-state index in [4.69, 9.17) is 28.2 Å². The van der Waals surface area contributed by atoms with E-state index in [1.165, 1.54) is 11.3 Å². The van der Waals surface area contributed by atoms with Crippen molar-refractivity contribution >= 4 is 35.2 Å². The van der Waals surface area contributed by atoms with Crippen LogP contribution in [0.25, 0.3) is 10.8 Å². The van der Waals surface area contributed by atoms with Gasteiger partial charge in [-0.3, -0.25) is 0 Å². The summed E-state index contributed by atoms with van der Waals surface area (Å²) in [7, 11) is 0. The van der Waals surface area contributed by atoms with Crippen molar-refractivity contribution in [3.63, 3.8) is 0 Å². The number of aromatic amines is 1. The third-order valence-corrected chi connectivity index (χ3v) is 2.62. The lowest BCUT2D eigenvalue weighted by molar-refractivity contribution is 0.553. The van der Waals surface area contributed by atoms with Crippen molar-refractivity contribution < 1.29 is 4.42 Å². The number of nitrogens with one attached hydrogen (secondary N) is 1. The molecule has 3 nitrogen and oxygen atoms in total. The fourth-order valence-corrected chi connectivity index (χ4v) is 1.86. The first-order valence-corrected chi connectivity index (χ1v) is 4.67. The van der Waals surface area contributed by atoms with Crippen LogP contribution in [0.1, 0.15) is 0 Å². The van der Waals surface area contributed by atoms with Gasteiger partial charge in [-0.05, 0) is 24.4 Å². The fraction of sp³-hybridized carbons (Fsp3) is 0. The van der Waals surface area contributed by atoms with E-state index in [1.54, 1.807) is 6.07 Å². The number of halogens is 1. The predicted molar refractivity (Wildman–Crippen MR) is 50.0 cm³/mol. The zero-order valence-corrected chi connectivity index (χ0v) is 8.09. The van der Waals surface area contributed by atoms with Gasteiger partial charge in [-0.1, -0.05) is 11.6 Å². The lowest BCUT2D eigenvalue weighted by Gasteiger charge is -1.82. The molecule has 0 spiro atoms. The highest BCUT2D eigenvalue weighted by Gasteiger charge is 2.05. The molecule has 0 aliphatic heterocycles. The molecule has 0 aliphatic carbocycles. The summed E-state index contributed by atoms with van der Waals surface area (Å²) < 4.78 is 5.79. The largest absolute Gasteiger partial charge is 0.408 e. The molecule has 0 unspecified atom stereocenters. The van der Waals surface area contributed by atoms with E-state index >= 15 is 0 Å².